The van der Waals surface area contributed by atoms with Crippen LogP contribution in [0, 0.1) is 12.7 Å². The maximum Gasteiger partial charge on any atom is 0.251 e. The van der Waals surface area contributed by atoms with Crippen molar-refractivity contribution in [3.63, 3.8) is 0 Å². The normalized spacial score (nSPS) is 14.3. The predicted molar refractivity (Wildman–Crippen MR) is 177 cm³/mol. The highest BCUT2D eigenvalue weighted by atomic mass is 19.1. The standard InChI is InChI=1S/C37H41FN2O6/c1-24-11-12-26(38)19-33(24)46-23-31-29(15-16-32-35(31)40(4)36(42)37(2,3)39-32)30-14-13-28(20-34(30)43-5)45-22-27(41)17-18-44-21-25-9-7-6-8-10-25/h6-16,19-20,27,39,41H,17-18,21-23H2,1-5H3/t27-/m0/s1. The number of aliphatic hydroxyl groups is 1. The average molecular weight is 629 g/mol. The summed E-state index contributed by atoms with van der Waals surface area (Å²) in [5, 5.41) is 13.8. The quantitative estimate of drug-likeness (QED) is 0.156. The number of aryl methyl sites for hydroxylation is 1. The van der Waals surface area contributed by atoms with Gasteiger partial charge in [-0.2, -0.15) is 0 Å². The highest BCUT2D eigenvalue weighted by Crippen LogP contribution is 2.45. The molecule has 4 aromatic rings. The lowest BCUT2D eigenvalue weighted by molar-refractivity contribution is -0.121. The third-order valence-electron chi connectivity index (χ3n) is 8.04. The number of fused-ring (bicyclic) bond motifs is 1. The van der Waals surface area contributed by atoms with Gasteiger partial charge >= 0.3 is 0 Å². The Morgan fingerprint density at radius 3 is 2.46 bits per heavy atom. The summed E-state index contributed by atoms with van der Waals surface area (Å²) in [4.78, 5) is 15.0. The molecule has 1 aliphatic rings. The van der Waals surface area contributed by atoms with Gasteiger partial charge in [-0.3, -0.25) is 4.79 Å². The Kier molecular flexibility index (Phi) is 10.1. The summed E-state index contributed by atoms with van der Waals surface area (Å²) >= 11 is 0. The number of carbonyl (C=O) groups is 1. The summed E-state index contributed by atoms with van der Waals surface area (Å²) in [6, 6.07) is 23.7. The second-order valence-corrected chi connectivity index (χ2v) is 12.0. The van der Waals surface area contributed by atoms with E-state index in [0.29, 0.717) is 42.6 Å². The van der Waals surface area contributed by atoms with Gasteiger partial charge < -0.3 is 34.3 Å². The van der Waals surface area contributed by atoms with Crippen LogP contribution in [0.15, 0.2) is 78.9 Å². The van der Waals surface area contributed by atoms with Crippen LogP contribution in [0.5, 0.6) is 17.2 Å². The fraction of sp³-hybridized carbons (Fsp3) is 0.324. The Morgan fingerprint density at radius 1 is 0.935 bits per heavy atom. The van der Waals surface area contributed by atoms with E-state index in [2.05, 4.69) is 5.32 Å². The number of halogens is 1. The summed E-state index contributed by atoms with van der Waals surface area (Å²) in [6.07, 6.45) is -0.274. The minimum absolute atomic E-state index is 0.0719. The van der Waals surface area contributed by atoms with E-state index in [-0.39, 0.29) is 19.1 Å². The lowest BCUT2D eigenvalue weighted by Gasteiger charge is -2.39. The number of amides is 1. The fourth-order valence-corrected chi connectivity index (χ4v) is 5.55. The molecule has 8 nitrogen and oxygen atoms in total. The summed E-state index contributed by atoms with van der Waals surface area (Å²) in [5.41, 5.74) is 4.81. The molecule has 0 saturated carbocycles. The summed E-state index contributed by atoms with van der Waals surface area (Å²) in [5.74, 6) is 1.00. The van der Waals surface area contributed by atoms with Crippen LogP contribution in [0.1, 0.15) is 37.0 Å². The number of carbonyl (C=O) groups excluding carboxylic acids is 1. The Morgan fingerprint density at radius 2 is 1.70 bits per heavy atom. The first kappa shape index (κ1) is 32.8. The maximum absolute atomic E-state index is 14.1. The number of anilines is 2. The largest absolute Gasteiger partial charge is 0.496 e. The molecule has 5 rings (SSSR count). The highest BCUT2D eigenvalue weighted by molar-refractivity contribution is 6.08. The monoisotopic (exact) mass is 628 g/mol. The molecular formula is C37H41FN2O6. The number of likely N-dealkylation sites (N-methyl/N-ethyl adjacent to an activating group) is 1. The zero-order valence-corrected chi connectivity index (χ0v) is 26.9. The van der Waals surface area contributed by atoms with E-state index in [1.165, 1.54) is 12.1 Å². The predicted octanol–water partition coefficient (Wildman–Crippen LogP) is 6.90. The van der Waals surface area contributed by atoms with Crippen molar-refractivity contribution in [3.8, 4) is 28.4 Å². The van der Waals surface area contributed by atoms with Gasteiger partial charge in [-0.15, -0.1) is 0 Å². The van der Waals surface area contributed by atoms with E-state index in [1.807, 2.05) is 75.4 Å². The molecule has 2 N–H and O–H groups in total. The van der Waals surface area contributed by atoms with Crippen LogP contribution in [0.2, 0.25) is 0 Å². The van der Waals surface area contributed by atoms with Gasteiger partial charge in [0.1, 0.15) is 41.8 Å². The van der Waals surface area contributed by atoms with Gasteiger partial charge in [0.05, 0.1) is 31.2 Å². The number of hydrogen-bond donors (Lipinski definition) is 2. The number of hydrogen-bond acceptors (Lipinski definition) is 7. The topological polar surface area (TPSA) is 89.5 Å². The van der Waals surface area contributed by atoms with Crippen LogP contribution in [-0.2, 0) is 22.7 Å². The molecule has 1 amide bonds. The smallest absolute Gasteiger partial charge is 0.251 e. The second kappa shape index (κ2) is 14.2. The summed E-state index contributed by atoms with van der Waals surface area (Å²) < 4.78 is 37.7. The SMILES string of the molecule is COc1cc(OC[C@@H](O)CCOCc2ccccc2)ccc1-c1ccc2c(c1COc1cc(F)ccc1C)N(C)C(=O)C(C)(C)N2. The van der Waals surface area contributed by atoms with Crippen molar-refractivity contribution in [1.29, 1.82) is 0 Å². The second-order valence-electron chi connectivity index (χ2n) is 12.0. The first-order valence-electron chi connectivity index (χ1n) is 15.3. The first-order valence-corrected chi connectivity index (χ1v) is 15.3. The van der Waals surface area contributed by atoms with Crippen molar-refractivity contribution in [2.24, 2.45) is 0 Å². The Labute approximate surface area is 269 Å². The van der Waals surface area contributed by atoms with E-state index in [9.17, 15) is 14.3 Å². The molecule has 0 unspecified atom stereocenters. The van der Waals surface area contributed by atoms with E-state index in [4.69, 9.17) is 18.9 Å². The molecule has 0 saturated heterocycles. The van der Waals surface area contributed by atoms with Gasteiger partial charge in [0.15, 0.2) is 0 Å². The Hall–Kier alpha value is -4.60. The van der Waals surface area contributed by atoms with Gasteiger partial charge in [0, 0.05) is 43.3 Å². The van der Waals surface area contributed by atoms with Crippen molar-refractivity contribution in [2.45, 2.75) is 52.0 Å². The first-order chi connectivity index (χ1) is 22.1. The van der Waals surface area contributed by atoms with Gasteiger partial charge in [-0.05, 0) is 61.7 Å². The van der Waals surface area contributed by atoms with Crippen molar-refractivity contribution in [2.75, 3.05) is 37.6 Å². The molecule has 1 atom stereocenters. The molecule has 4 aromatic carbocycles. The lowest BCUT2D eigenvalue weighted by atomic mass is 9.91. The lowest BCUT2D eigenvalue weighted by Crippen LogP contribution is -2.52. The van der Waals surface area contributed by atoms with Gasteiger partial charge in [0.25, 0.3) is 5.91 Å². The van der Waals surface area contributed by atoms with Gasteiger partial charge in [-0.1, -0.05) is 42.5 Å². The van der Waals surface area contributed by atoms with Crippen LogP contribution in [0.4, 0.5) is 15.8 Å². The van der Waals surface area contributed by atoms with Crippen LogP contribution >= 0.6 is 0 Å². The van der Waals surface area contributed by atoms with Gasteiger partial charge in [0.2, 0.25) is 0 Å². The third kappa shape index (κ3) is 7.43. The molecule has 0 radical (unpaired) electrons. The van der Waals surface area contributed by atoms with Crippen LogP contribution in [0.3, 0.4) is 0 Å². The molecule has 0 aliphatic carbocycles. The van der Waals surface area contributed by atoms with Crippen molar-refractivity contribution >= 4 is 17.3 Å². The number of rotatable bonds is 13. The van der Waals surface area contributed by atoms with Crippen LogP contribution in [-0.4, -0.2) is 50.0 Å². The highest BCUT2D eigenvalue weighted by Gasteiger charge is 2.38. The Balaban J connectivity index is 1.36. The molecule has 46 heavy (non-hydrogen) atoms. The molecule has 9 heteroatoms. The van der Waals surface area contributed by atoms with E-state index in [1.54, 1.807) is 31.2 Å². The van der Waals surface area contributed by atoms with Crippen molar-refractivity contribution in [3.05, 3.63) is 101 Å². The number of benzene rings is 4. The molecule has 0 spiro atoms. The molecule has 0 fully saturated rings. The number of nitrogens with zero attached hydrogens (tertiary/aromatic N) is 1. The number of ether oxygens (including phenoxy) is 4. The minimum Gasteiger partial charge on any atom is -0.496 e. The molecule has 0 bridgehead atoms. The zero-order chi connectivity index (χ0) is 32.8. The van der Waals surface area contributed by atoms with E-state index in [0.717, 1.165) is 33.5 Å². The molecular weight excluding hydrogens is 587 g/mol. The molecule has 1 aliphatic heterocycles. The van der Waals surface area contributed by atoms with Crippen molar-refractivity contribution < 1.29 is 33.2 Å². The third-order valence-corrected chi connectivity index (χ3v) is 8.04. The van der Waals surface area contributed by atoms with Crippen molar-refractivity contribution in [1.82, 2.24) is 0 Å². The molecule has 1 heterocycles. The van der Waals surface area contributed by atoms with E-state index >= 15 is 0 Å². The summed E-state index contributed by atoms with van der Waals surface area (Å²) in [6.45, 7) is 6.59. The van der Waals surface area contributed by atoms with Gasteiger partial charge in [-0.25, -0.2) is 4.39 Å². The fourth-order valence-electron chi connectivity index (χ4n) is 5.55. The zero-order valence-electron chi connectivity index (χ0n) is 26.9. The summed E-state index contributed by atoms with van der Waals surface area (Å²) in [7, 11) is 3.32. The average Bonchev–Trinajstić information content (AvgIpc) is 3.05. The van der Waals surface area contributed by atoms with Crippen LogP contribution in [0.25, 0.3) is 11.1 Å². The Bertz CT molecular complexity index is 1680. The molecule has 242 valence electrons. The number of nitrogens with one attached hydrogen (secondary N) is 1. The van der Waals surface area contributed by atoms with Crippen LogP contribution < -0.4 is 24.4 Å². The molecule has 0 aromatic heterocycles. The number of aliphatic hydroxyl groups excluding tert-OH is 1. The van der Waals surface area contributed by atoms with E-state index < -0.39 is 17.5 Å². The maximum atomic E-state index is 14.1. The number of methoxy groups -OCH3 is 1. The minimum atomic E-state index is -0.796.